The highest BCUT2D eigenvalue weighted by atomic mass is 19.1. The van der Waals surface area contributed by atoms with Crippen LogP contribution in [-0.2, 0) is 6.42 Å². The number of anilines is 1. The first-order chi connectivity index (χ1) is 15.7. The number of rotatable bonds is 7. The maximum absolute atomic E-state index is 12.6. The number of aryl methyl sites for hydroxylation is 1. The molecule has 5 rings (SSSR count). The monoisotopic (exact) mass is 430 g/mol. The van der Waals surface area contributed by atoms with Crippen molar-refractivity contribution in [2.75, 3.05) is 38.2 Å². The van der Waals surface area contributed by atoms with Crippen molar-refractivity contribution in [1.29, 1.82) is 0 Å². The summed E-state index contributed by atoms with van der Waals surface area (Å²) >= 11 is 0. The second-order valence-corrected chi connectivity index (χ2v) is 9.25. The zero-order chi connectivity index (χ0) is 21.9. The fourth-order valence-electron chi connectivity index (χ4n) is 5.40. The van der Waals surface area contributed by atoms with Crippen LogP contribution in [0.3, 0.4) is 0 Å². The predicted octanol–water partition coefficient (Wildman–Crippen LogP) is 5.57. The summed E-state index contributed by atoms with van der Waals surface area (Å²) in [5, 5.41) is 13.5. The molecular weight excluding hydrogens is 399 g/mol. The molecule has 2 N–H and O–H groups in total. The number of likely N-dealkylation sites (tertiary alicyclic amines) is 1. The van der Waals surface area contributed by atoms with Gasteiger partial charge in [0.05, 0.1) is 6.67 Å². The first-order valence-corrected chi connectivity index (χ1v) is 11.7. The Kier molecular flexibility index (Phi) is 6.13. The van der Waals surface area contributed by atoms with Gasteiger partial charge in [0.2, 0.25) is 0 Å². The average Bonchev–Trinajstić information content (AvgIpc) is 2.80. The SMILES string of the molecule is Oc1ccc2c(c1)CC[C@H](c1ccccc1)[C@@H]2c1ccc(NCCN2CC(CF)C2)cc1. The molecule has 0 amide bonds. The van der Waals surface area contributed by atoms with E-state index >= 15 is 0 Å². The largest absolute Gasteiger partial charge is 0.508 e. The maximum atomic E-state index is 12.6. The third kappa shape index (κ3) is 4.37. The van der Waals surface area contributed by atoms with Crippen molar-refractivity contribution < 1.29 is 9.50 Å². The number of benzene rings is 3. The lowest BCUT2D eigenvalue weighted by Crippen LogP contribution is -2.49. The second kappa shape index (κ2) is 9.33. The van der Waals surface area contributed by atoms with Gasteiger partial charge in [-0.3, -0.25) is 4.39 Å². The molecule has 3 aromatic rings. The molecule has 32 heavy (non-hydrogen) atoms. The van der Waals surface area contributed by atoms with Crippen LogP contribution in [0.5, 0.6) is 5.75 Å². The molecule has 0 spiro atoms. The highest BCUT2D eigenvalue weighted by Gasteiger charge is 2.32. The van der Waals surface area contributed by atoms with Crippen LogP contribution in [0.25, 0.3) is 0 Å². The summed E-state index contributed by atoms with van der Waals surface area (Å²) < 4.78 is 12.6. The van der Waals surface area contributed by atoms with Gasteiger partial charge in [0, 0.05) is 43.7 Å². The molecule has 166 valence electrons. The number of phenolic OH excluding ortho intramolecular Hbond substituents is 1. The van der Waals surface area contributed by atoms with Crippen molar-refractivity contribution in [3.8, 4) is 5.75 Å². The fourth-order valence-corrected chi connectivity index (χ4v) is 5.40. The number of nitrogens with zero attached hydrogens (tertiary/aromatic N) is 1. The van der Waals surface area contributed by atoms with E-state index in [4.69, 9.17) is 0 Å². The number of alkyl halides is 1. The van der Waals surface area contributed by atoms with Gasteiger partial charge in [-0.2, -0.15) is 0 Å². The molecule has 1 aliphatic heterocycles. The van der Waals surface area contributed by atoms with Gasteiger partial charge >= 0.3 is 0 Å². The number of phenols is 1. The van der Waals surface area contributed by atoms with E-state index in [-0.39, 0.29) is 18.5 Å². The van der Waals surface area contributed by atoms with Gasteiger partial charge in [-0.05, 0) is 65.3 Å². The second-order valence-electron chi connectivity index (χ2n) is 9.25. The quantitative estimate of drug-likeness (QED) is 0.515. The Morgan fingerprint density at radius 2 is 1.72 bits per heavy atom. The van der Waals surface area contributed by atoms with Crippen molar-refractivity contribution in [3.63, 3.8) is 0 Å². The van der Waals surface area contributed by atoms with Gasteiger partial charge in [-0.25, -0.2) is 0 Å². The molecule has 2 atom stereocenters. The number of halogens is 1. The zero-order valence-electron chi connectivity index (χ0n) is 18.4. The van der Waals surface area contributed by atoms with Crippen molar-refractivity contribution >= 4 is 5.69 Å². The highest BCUT2D eigenvalue weighted by molar-refractivity contribution is 5.51. The molecule has 0 aromatic heterocycles. The molecule has 1 heterocycles. The van der Waals surface area contributed by atoms with E-state index in [2.05, 4.69) is 70.9 Å². The Bertz CT molecular complexity index is 1030. The van der Waals surface area contributed by atoms with Crippen molar-refractivity contribution in [1.82, 2.24) is 4.90 Å². The summed E-state index contributed by atoms with van der Waals surface area (Å²) in [6, 6.07) is 25.5. The van der Waals surface area contributed by atoms with Crippen LogP contribution >= 0.6 is 0 Å². The number of nitrogens with one attached hydrogen (secondary N) is 1. The van der Waals surface area contributed by atoms with Crippen LogP contribution in [0.15, 0.2) is 72.8 Å². The minimum absolute atomic E-state index is 0.195. The summed E-state index contributed by atoms with van der Waals surface area (Å²) in [4.78, 5) is 2.30. The zero-order valence-corrected chi connectivity index (χ0v) is 18.4. The van der Waals surface area contributed by atoms with Gasteiger partial charge in [0.1, 0.15) is 5.75 Å². The summed E-state index contributed by atoms with van der Waals surface area (Å²) in [5.41, 5.74) is 6.38. The van der Waals surface area contributed by atoms with Crippen molar-refractivity contribution in [2.24, 2.45) is 5.92 Å². The number of hydrogen-bond donors (Lipinski definition) is 2. The van der Waals surface area contributed by atoms with E-state index in [1.807, 2.05) is 12.1 Å². The smallest absolute Gasteiger partial charge is 0.115 e. The van der Waals surface area contributed by atoms with E-state index in [0.717, 1.165) is 44.7 Å². The van der Waals surface area contributed by atoms with Crippen LogP contribution in [0.2, 0.25) is 0 Å². The summed E-state index contributed by atoms with van der Waals surface area (Å²) in [7, 11) is 0. The molecule has 0 radical (unpaired) electrons. The normalized spacial score (nSPS) is 21.0. The summed E-state index contributed by atoms with van der Waals surface area (Å²) in [6.07, 6.45) is 2.06. The maximum Gasteiger partial charge on any atom is 0.115 e. The van der Waals surface area contributed by atoms with E-state index in [1.165, 1.54) is 22.3 Å². The van der Waals surface area contributed by atoms with Crippen LogP contribution in [-0.4, -0.2) is 42.9 Å². The van der Waals surface area contributed by atoms with Gasteiger partial charge in [0.25, 0.3) is 0 Å². The molecule has 1 aliphatic carbocycles. The Morgan fingerprint density at radius 1 is 0.938 bits per heavy atom. The molecule has 1 saturated heterocycles. The molecule has 0 saturated carbocycles. The van der Waals surface area contributed by atoms with Crippen LogP contribution in [0, 0.1) is 5.92 Å². The molecule has 0 bridgehead atoms. The Hall–Kier alpha value is -2.85. The Labute approximate surface area is 189 Å². The van der Waals surface area contributed by atoms with E-state index < -0.39 is 0 Å². The molecule has 0 unspecified atom stereocenters. The van der Waals surface area contributed by atoms with E-state index in [1.54, 1.807) is 0 Å². The first kappa shape index (κ1) is 21.0. The van der Waals surface area contributed by atoms with Crippen molar-refractivity contribution in [3.05, 3.63) is 95.1 Å². The molecule has 3 aromatic carbocycles. The molecule has 2 aliphatic rings. The highest BCUT2D eigenvalue weighted by Crippen LogP contribution is 2.47. The molecular formula is C28H31FN2O. The third-order valence-electron chi connectivity index (χ3n) is 7.09. The minimum Gasteiger partial charge on any atom is -0.508 e. The molecule has 4 heteroatoms. The average molecular weight is 431 g/mol. The van der Waals surface area contributed by atoms with Crippen LogP contribution < -0.4 is 5.32 Å². The van der Waals surface area contributed by atoms with Gasteiger partial charge in [0.15, 0.2) is 0 Å². The lowest BCUT2D eigenvalue weighted by atomic mass is 9.69. The van der Waals surface area contributed by atoms with Gasteiger partial charge in [-0.1, -0.05) is 48.5 Å². The van der Waals surface area contributed by atoms with Crippen molar-refractivity contribution in [2.45, 2.75) is 24.7 Å². The number of aromatic hydroxyl groups is 1. The first-order valence-electron chi connectivity index (χ1n) is 11.7. The molecule has 3 nitrogen and oxygen atoms in total. The summed E-state index contributed by atoms with van der Waals surface area (Å²) in [5.74, 6) is 1.28. The van der Waals surface area contributed by atoms with E-state index in [0.29, 0.717) is 11.7 Å². The fraction of sp³-hybridized carbons (Fsp3) is 0.357. The lowest BCUT2D eigenvalue weighted by molar-refractivity contribution is 0.0856. The summed E-state index contributed by atoms with van der Waals surface area (Å²) in [6.45, 7) is 3.40. The standard InChI is InChI=1S/C28H31FN2O/c29-17-20-18-31(19-20)15-14-30-24-9-6-22(7-10-24)28-26(21-4-2-1-3-5-21)12-8-23-16-25(32)11-13-27(23)28/h1-7,9-11,13,16,20,26,28,30,32H,8,12,14-15,17-19H2/t26-,28+/m1/s1. The minimum atomic E-state index is -0.195. The Balaban J connectivity index is 1.33. The topological polar surface area (TPSA) is 35.5 Å². The number of hydrogen-bond acceptors (Lipinski definition) is 3. The Morgan fingerprint density at radius 3 is 2.47 bits per heavy atom. The predicted molar refractivity (Wildman–Crippen MR) is 128 cm³/mol. The van der Waals surface area contributed by atoms with Gasteiger partial charge in [-0.15, -0.1) is 0 Å². The van der Waals surface area contributed by atoms with Crippen LogP contribution in [0.1, 0.15) is 40.5 Å². The van der Waals surface area contributed by atoms with Crippen LogP contribution in [0.4, 0.5) is 10.1 Å². The third-order valence-corrected chi connectivity index (χ3v) is 7.09. The number of fused-ring (bicyclic) bond motifs is 1. The molecule has 1 fully saturated rings. The van der Waals surface area contributed by atoms with Gasteiger partial charge < -0.3 is 15.3 Å². The lowest BCUT2D eigenvalue weighted by Gasteiger charge is -2.37. The van der Waals surface area contributed by atoms with E-state index in [9.17, 15) is 9.50 Å².